The minimum absolute atomic E-state index is 0.0381. The van der Waals surface area contributed by atoms with Crippen molar-refractivity contribution in [2.24, 2.45) is 5.73 Å². The predicted molar refractivity (Wildman–Crippen MR) is 115 cm³/mol. The Kier molecular flexibility index (Phi) is 8.00. The smallest absolute Gasteiger partial charge is 0.340 e. The Hall–Kier alpha value is -3.38. The average molecular weight is 465 g/mol. The number of carbonyl (C=O) groups is 2. The van der Waals surface area contributed by atoms with Crippen LogP contribution in [-0.4, -0.2) is 56.3 Å². The Morgan fingerprint density at radius 2 is 1.91 bits per heavy atom. The summed E-state index contributed by atoms with van der Waals surface area (Å²) >= 11 is 0. The number of nitro groups is 1. The van der Waals surface area contributed by atoms with Crippen LogP contribution in [0.1, 0.15) is 39.0 Å². The molecule has 0 amide bonds. The van der Waals surface area contributed by atoms with Gasteiger partial charge in [0.05, 0.1) is 52.7 Å². The standard InChI is InChI=1S/C20H23N3O8S/c1-4-31-20(25)18-15(11-32(28,29)9-8-21)22-12(2)16(19(24)30-3)17(18)13-6-5-7-14(10-13)23(26)27/h5-7,10H,4,8-9,11,21H2,1-3H3. The average Bonchev–Trinajstić information content (AvgIpc) is 2.72. The first-order valence-electron chi connectivity index (χ1n) is 9.50. The Bertz CT molecular complexity index is 1160. The zero-order valence-corrected chi connectivity index (χ0v) is 18.6. The first-order valence-corrected chi connectivity index (χ1v) is 11.3. The summed E-state index contributed by atoms with van der Waals surface area (Å²) in [4.78, 5) is 40.4. The van der Waals surface area contributed by atoms with E-state index in [1.54, 1.807) is 6.92 Å². The number of benzene rings is 1. The van der Waals surface area contributed by atoms with Crippen LogP contribution in [0.25, 0.3) is 11.1 Å². The number of rotatable bonds is 9. The van der Waals surface area contributed by atoms with Crippen LogP contribution < -0.4 is 5.73 Å². The van der Waals surface area contributed by atoms with E-state index in [1.165, 1.54) is 31.2 Å². The Balaban J connectivity index is 2.99. The van der Waals surface area contributed by atoms with Crippen LogP contribution in [0.5, 0.6) is 0 Å². The fourth-order valence-electron chi connectivity index (χ4n) is 3.17. The number of carbonyl (C=O) groups excluding carboxylic acids is 2. The molecule has 1 heterocycles. The fourth-order valence-corrected chi connectivity index (χ4v) is 4.30. The SMILES string of the molecule is CCOC(=O)c1c(CS(=O)(=O)CCN)nc(C)c(C(=O)OC)c1-c1cccc([N+](=O)[O-])c1. The molecule has 32 heavy (non-hydrogen) atoms. The maximum atomic E-state index is 12.9. The zero-order chi connectivity index (χ0) is 24.1. The van der Waals surface area contributed by atoms with E-state index in [0.29, 0.717) is 0 Å². The number of aryl methyl sites for hydroxylation is 1. The lowest BCUT2D eigenvalue weighted by Crippen LogP contribution is -2.22. The van der Waals surface area contributed by atoms with Gasteiger partial charge >= 0.3 is 11.9 Å². The molecule has 0 saturated heterocycles. The number of ether oxygens (including phenoxy) is 2. The van der Waals surface area contributed by atoms with Crippen molar-refractivity contribution in [3.63, 3.8) is 0 Å². The maximum Gasteiger partial charge on any atom is 0.340 e. The molecular weight excluding hydrogens is 442 g/mol. The summed E-state index contributed by atoms with van der Waals surface area (Å²) in [6.07, 6.45) is 0. The van der Waals surface area contributed by atoms with Gasteiger partial charge in [-0.15, -0.1) is 0 Å². The number of nitrogens with two attached hydrogens (primary N) is 1. The molecule has 0 fully saturated rings. The third kappa shape index (κ3) is 5.45. The number of hydrogen-bond acceptors (Lipinski definition) is 10. The molecule has 2 N–H and O–H groups in total. The van der Waals surface area contributed by atoms with Crippen LogP contribution in [0, 0.1) is 17.0 Å². The van der Waals surface area contributed by atoms with Crippen molar-refractivity contribution in [2.75, 3.05) is 26.0 Å². The van der Waals surface area contributed by atoms with Crippen molar-refractivity contribution in [3.05, 3.63) is 56.9 Å². The molecule has 12 heteroatoms. The van der Waals surface area contributed by atoms with E-state index in [-0.39, 0.29) is 58.2 Å². The van der Waals surface area contributed by atoms with Gasteiger partial charge < -0.3 is 15.2 Å². The topological polar surface area (TPSA) is 169 Å². The number of sulfone groups is 1. The molecule has 0 saturated carbocycles. The number of pyridine rings is 1. The second kappa shape index (κ2) is 10.3. The zero-order valence-electron chi connectivity index (χ0n) is 17.8. The molecule has 0 aliphatic rings. The molecule has 172 valence electrons. The van der Waals surface area contributed by atoms with E-state index in [4.69, 9.17) is 15.2 Å². The van der Waals surface area contributed by atoms with Gasteiger partial charge in [0.1, 0.15) is 0 Å². The van der Waals surface area contributed by atoms with Crippen LogP contribution in [0.4, 0.5) is 5.69 Å². The molecule has 2 rings (SSSR count). The summed E-state index contributed by atoms with van der Waals surface area (Å²) < 4.78 is 34.9. The van der Waals surface area contributed by atoms with Gasteiger partial charge in [0.25, 0.3) is 5.69 Å². The van der Waals surface area contributed by atoms with E-state index < -0.39 is 32.5 Å². The molecule has 1 aromatic heterocycles. The molecule has 0 aliphatic heterocycles. The normalized spacial score (nSPS) is 11.1. The van der Waals surface area contributed by atoms with Gasteiger partial charge in [0, 0.05) is 24.2 Å². The van der Waals surface area contributed by atoms with Crippen molar-refractivity contribution in [1.82, 2.24) is 4.98 Å². The summed E-state index contributed by atoms with van der Waals surface area (Å²) in [6.45, 7) is 2.83. The van der Waals surface area contributed by atoms with E-state index in [1.807, 2.05) is 0 Å². The van der Waals surface area contributed by atoms with Gasteiger partial charge in [-0.2, -0.15) is 0 Å². The highest BCUT2D eigenvalue weighted by atomic mass is 32.2. The highest BCUT2D eigenvalue weighted by Gasteiger charge is 2.31. The van der Waals surface area contributed by atoms with Gasteiger partial charge in [0.15, 0.2) is 9.84 Å². The molecule has 1 aromatic carbocycles. The molecule has 0 radical (unpaired) electrons. The van der Waals surface area contributed by atoms with E-state index in [0.717, 1.165) is 7.11 Å². The lowest BCUT2D eigenvalue weighted by molar-refractivity contribution is -0.384. The Labute approximate surface area is 184 Å². The van der Waals surface area contributed by atoms with Crippen LogP contribution >= 0.6 is 0 Å². The quantitative estimate of drug-likeness (QED) is 0.327. The maximum absolute atomic E-state index is 12.9. The molecule has 0 spiro atoms. The number of methoxy groups -OCH3 is 1. The van der Waals surface area contributed by atoms with Crippen LogP contribution in [0.2, 0.25) is 0 Å². The molecule has 11 nitrogen and oxygen atoms in total. The van der Waals surface area contributed by atoms with E-state index >= 15 is 0 Å². The van der Waals surface area contributed by atoms with Crippen molar-refractivity contribution in [2.45, 2.75) is 19.6 Å². The Morgan fingerprint density at radius 3 is 2.47 bits per heavy atom. The minimum Gasteiger partial charge on any atom is -0.465 e. The second-order valence-corrected chi connectivity index (χ2v) is 8.85. The predicted octanol–water partition coefficient (Wildman–Crippen LogP) is 1.80. The minimum atomic E-state index is -3.75. The first-order chi connectivity index (χ1) is 15.1. The number of esters is 2. The molecule has 0 atom stereocenters. The lowest BCUT2D eigenvalue weighted by atomic mass is 9.92. The first kappa shape index (κ1) is 24.9. The molecular formula is C20H23N3O8S. The third-order valence-corrected chi connectivity index (χ3v) is 6.02. The van der Waals surface area contributed by atoms with Crippen molar-refractivity contribution >= 4 is 27.5 Å². The highest BCUT2D eigenvalue weighted by Crippen LogP contribution is 2.35. The van der Waals surface area contributed by atoms with Gasteiger partial charge in [0.2, 0.25) is 0 Å². The molecule has 0 unspecified atom stereocenters. The van der Waals surface area contributed by atoms with Gasteiger partial charge in [-0.25, -0.2) is 18.0 Å². The van der Waals surface area contributed by atoms with E-state index in [2.05, 4.69) is 4.98 Å². The van der Waals surface area contributed by atoms with E-state index in [9.17, 15) is 28.1 Å². The Morgan fingerprint density at radius 1 is 1.22 bits per heavy atom. The molecule has 0 bridgehead atoms. The summed E-state index contributed by atoms with van der Waals surface area (Å²) in [5, 5.41) is 11.3. The third-order valence-electron chi connectivity index (χ3n) is 4.45. The molecule has 0 aliphatic carbocycles. The second-order valence-electron chi connectivity index (χ2n) is 6.67. The number of hydrogen-bond donors (Lipinski definition) is 1. The number of aromatic nitrogens is 1. The van der Waals surface area contributed by atoms with Crippen molar-refractivity contribution in [1.29, 1.82) is 0 Å². The summed E-state index contributed by atoms with van der Waals surface area (Å²) in [5.74, 6) is -2.76. The van der Waals surface area contributed by atoms with Crippen LogP contribution in [0.15, 0.2) is 24.3 Å². The van der Waals surface area contributed by atoms with Gasteiger partial charge in [-0.05, 0) is 19.4 Å². The molecule has 2 aromatic rings. The summed E-state index contributed by atoms with van der Waals surface area (Å²) in [6, 6.07) is 5.24. The number of non-ortho nitro benzene ring substituents is 1. The van der Waals surface area contributed by atoms with Crippen molar-refractivity contribution < 1.29 is 32.4 Å². The van der Waals surface area contributed by atoms with Crippen molar-refractivity contribution in [3.8, 4) is 11.1 Å². The fraction of sp³-hybridized carbons (Fsp3) is 0.350. The largest absolute Gasteiger partial charge is 0.465 e. The van der Waals surface area contributed by atoms with Crippen LogP contribution in [0.3, 0.4) is 0 Å². The lowest BCUT2D eigenvalue weighted by Gasteiger charge is -2.18. The number of nitro benzene ring substituents is 1. The van der Waals surface area contributed by atoms with Gasteiger partial charge in [-0.1, -0.05) is 12.1 Å². The van der Waals surface area contributed by atoms with Gasteiger partial charge in [-0.3, -0.25) is 15.1 Å². The summed E-state index contributed by atoms with van der Waals surface area (Å²) in [7, 11) is -2.62. The summed E-state index contributed by atoms with van der Waals surface area (Å²) in [5.41, 5.74) is 4.69. The van der Waals surface area contributed by atoms with Crippen LogP contribution in [-0.2, 0) is 25.1 Å². The number of nitrogens with zero attached hydrogens (tertiary/aromatic N) is 2. The monoisotopic (exact) mass is 465 g/mol. The highest BCUT2D eigenvalue weighted by molar-refractivity contribution is 7.90.